The maximum atomic E-state index is 12.1. The van der Waals surface area contributed by atoms with Crippen molar-refractivity contribution in [3.05, 3.63) is 35.4 Å². The quantitative estimate of drug-likeness (QED) is 0.806. The van der Waals surface area contributed by atoms with E-state index >= 15 is 0 Å². The van der Waals surface area contributed by atoms with Gasteiger partial charge in [0.2, 0.25) is 0 Å². The highest BCUT2D eigenvalue weighted by Crippen LogP contribution is 2.10. The van der Waals surface area contributed by atoms with E-state index in [9.17, 15) is 9.59 Å². The van der Waals surface area contributed by atoms with Crippen molar-refractivity contribution in [2.45, 2.75) is 18.9 Å². The Hall–Kier alpha value is -2.39. The average Bonchev–Trinajstić information content (AvgIpc) is 2.39. The van der Waals surface area contributed by atoms with E-state index in [1.807, 2.05) is 6.07 Å². The summed E-state index contributed by atoms with van der Waals surface area (Å²) in [6.07, 6.45) is 0.190. The molecule has 0 heterocycles. The number of benzene rings is 1. The summed E-state index contributed by atoms with van der Waals surface area (Å²) in [5.74, 6) is -1.70. The van der Waals surface area contributed by atoms with Gasteiger partial charge in [-0.05, 0) is 24.6 Å². The Labute approximate surface area is 117 Å². The molecule has 0 spiro atoms. The normalized spacial score (nSPS) is 13.1. The number of nitriles is 1. The van der Waals surface area contributed by atoms with Gasteiger partial charge in [-0.15, -0.1) is 0 Å². The van der Waals surface area contributed by atoms with Gasteiger partial charge >= 0.3 is 5.97 Å². The van der Waals surface area contributed by atoms with Crippen LogP contribution in [0.25, 0.3) is 0 Å². The number of nitrogens with zero attached hydrogens (tertiary/aromatic N) is 1. The SMILES string of the molecule is COCC(C)(NC(=O)c1cccc(CC#N)c1)C(=O)O. The lowest BCUT2D eigenvalue weighted by Crippen LogP contribution is -2.55. The molecule has 1 unspecified atom stereocenters. The van der Waals surface area contributed by atoms with Crippen molar-refractivity contribution in [2.75, 3.05) is 13.7 Å². The highest BCUT2D eigenvalue weighted by atomic mass is 16.5. The van der Waals surface area contributed by atoms with Gasteiger partial charge in [-0.2, -0.15) is 5.26 Å². The van der Waals surface area contributed by atoms with Crippen LogP contribution in [0.15, 0.2) is 24.3 Å². The largest absolute Gasteiger partial charge is 0.479 e. The number of hydrogen-bond acceptors (Lipinski definition) is 4. The van der Waals surface area contributed by atoms with Crippen LogP contribution in [0.5, 0.6) is 0 Å². The summed E-state index contributed by atoms with van der Waals surface area (Å²) in [5.41, 5.74) is -0.498. The van der Waals surface area contributed by atoms with Crippen LogP contribution in [0.2, 0.25) is 0 Å². The molecule has 0 bridgehead atoms. The molecule has 0 aromatic heterocycles. The van der Waals surface area contributed by atoms with Gasteiger partial charge in [-0.3, -0.25) is 4.79 Å². The highest BCUT2D eigenvalue weighted by Gasteiger charge is 2.35. The minimum absolute atomic E-state index is 0.147. The monoisotopic (exact) mass is 276 g/mol. The Balaban J connectivity index is 2.92. The number of amides is 1. The fourth-order valence-corrected chi connectivity index (χ4v) is 1.68. The zero-order chi connectivity index (χ0) is 15.2. The van der Waals surface area contributed by atoms with E-state index in [-0.39, 0.29) is 13.0 Å². The molecule has 6 heteroatoms. The number of methoxy groups -OCH3 is 1. The summed E-state index contributed by atoms with van der Waals surface area (Å²) in [5, 5.41) is 20.2. The Morgan fingerprint density at radius 1 is 1.50 bits per heavy atom. The number of carboxylic acids is 1. The van der Waals surface area contributed by atoms with E-state index in [0.717, 1.165) is 0 Å². The molecule has 1 aromatic rings. The van der Waals surface area contributed by atoms with Gasteiger partial charge in [-0.1, -0.05) is 12.1 Å². The average molecular weight is 276 g/mol. The Kier molecular flexibility index (Phi) is 5.23. The first-order valence-electron chi connectivity index (χ1n) is 5.93. The third-order valence-corrected chi connectivity index (χ3v) is 2.77. The number of carboxylic acid groups (broad SMARTS) is 1. The van der Waals surface area contributed by atoms with Crippen LogP contribution >= 0.6 is 0 Å². The van der Waals surface area contributed by atoms with E-state index in [2.05, 4.69) is 5.32 Å². The van der Waals surface area contributed by atoms with Crippen LogP contribution in [0.3, 0.4) is 0 Å². The van der Waals surface area contributed by atoms with Crippen LogP contribution in [0.1, 0.15) is 22.8 Å². The fraction of sp³-hybridized carbons (Fsp3) is 0.357. The predicted molar refractivity (Wildman–Crippen MR) is 71.1 cm³/mol. The van der Waals surface area contributed by atoms with E-state index in [1.165, 1.54) is 14.0 Å². The van der Waals surface area contributed by atoms with Crippen LogP contribution in [-0.4, -0.2) is 36.2 Å². The second-order valence-electron chi connectivity index (χ2n) is 4.56. The second-order valence-corrected chi connectivity index (χ2v) is 4.56. The van der Waals surface area contributed by atoms with Crippen molar-refractivity contribution in [1.82, 2.24) is 5.32 Å². The maximum Gasteiger partial charge on any atom is 0.331 e. The van der Waals surface area contributed by atoms with E-state index in [4.69, 9.17) is 15.1 Å². The van der Waals surface area contributed by atoms with Gasteiger partial charge in [0, 0.05) is 12.7 Å². The highest BCUT2D eigenvalue weighted by molar-refractivity contribution is 5.97. The number of rotatable bonds is 6. The first-order valence-corrected chi connectivity index (χ1v) is 5.93. The molecule has 0 saturated carbocycles. The topological polar surface area (TPSA) is 99.4 Å². The van der Waals surface area contributed by atoms with Crippen LogP contribution in [0, 0.1) is 11.3 Å². The second kappa shape index (κ2) is 6.68. The van der Waals surface area contributed by atoms with Gasteiger partial charge in [0.25, 0.3) is 5.91 Å². The molecule has 1 rings (SSSR count). The summed E-state index contributed by atoms with van der Waals surface area (Å²) >= 11 is 0. The molecular weight excluding hydrogens is 260 g/mol. The van der Waals surface area contributed by atoms with Crippen molar-refractivity contribution in [3.63, 3.8) is 0 Å². The van der Waals surface area contributed by atoms with Gasteiger partial charge in [0.1, 0.15) is 0 Å². The molecule has 1 atom stereocenters. The van der Waals surface area contributed by atoms with Crippen LogP contribution in [0.4, 0.5) is 0 Å². The number of hydrogen-bond donors (Lipinski definition) is 2. The van der Waals surface area contributed by atoms with Gasteiger partial charge in [-0.25, -0.2) is 4.79 Å². The Morgan fingerprint density at radius 2 is 2.20 bits per heavy atom. The van der Waals surface area contributed by atoms with Crippen LogP contribution < -0.4 is 5.32 Å². The van der Waals surface area contributed by atoms with Crippen molar-refractivity contribution in [3.8, 4) is 6.07 Å². The summed E-state index contributed by atoms with van der Waals surface area (Å²) in [6.45, 7) is 1.22. The molecular formula is C14H16N2O4. The van der Waals surface area contributed by atoms with Crippen LogP contribution in [-0.2, 0) is 16.0 Å². The molecule has 6 nitrogen and oxygen atoms in total. The molecule has 1 aromatic carbocycles. The molecule has 106 valence electrons. The van der Waals surface area contributed by atoms with Crippen molar-refractivity contribution in [1.29, 1.82) is 5.26 Å². The lowest BCUT2D eigenvalue weighted by atomic mass is 10.0. The van der Waals surface area contributed by atoms with Crippen molar-refractivity contribution < 1.29 is 19.4 Å². The first-order chi connectivity index (χ1) is 9.42. The lowest BCUT2D eigenvalue weighted by Gasteiger charge is -2.25. The summed E-state index contributed by atoms with van der Waals surface area (Å²) in [6, 6.07) is 8.49. The molecule has 0 aliphatic heterocycles. The molecule has 0 aliphatic carbocycles. The summed E-state index contributed by atoms with van der Waals surface area (Å²) in [7, 11) is 1.36. The maximum absolute atomic E-state index is 12.1. The molecule has 0 saturated heterocycles. The zero-order valence-corrected chi connectivity index (χ0v) is 11.3. The fourth-order valence-electron chi connectivity index (χ4n) is 1.68. The summed E-state index contributed by atoms with van der Waals surface area (Å²) in [4.78, 5) is 23.3. The first kappa shape index (κ1) is 15.7. The molecule has 0 fully saturated rings. The minimum atomic E-state index is -1.50. The third kappa shape index (κ3) is 3.80. The lowest BCUT2D eigenvalue weighted by molar-refractivity contribution is -0.145. The zero-order valence-electron chi connectivity index (χ0n) is 11.3. The molecule has 0 aliphatic rings. The van der Waals surface area contributed by atoms with E-state index in [1.54, 1.807) is 24.3 Å². The smallest absolute Gasteiger partial charge is 0.331 e. The number of carbonyl (C=O) groups excluding carboxylic acids is 1. The predicted octanol–water partition coefficient (Wildman–Crippen LogP) is 0.972. The molecule has 2 N–H and O–H groups in total. The van der Waals surface area contributed by atoms with Gasteiger partial charge < -0.3 is 15.2 Å². The van der Waals surface area contributed by atoms with Gasteiger partial charge in [0.05, 0.1) is 19.1 Å². The Morgan fingerprint density at radius 3 is 2.75 bits per heavy atom. The van der Waals surface area contributed by atoms with Crippen molar-refractivity contribution in [2.24, 2.45) is 0 Å². The number of aliphatic carboxylic acids is 1. The van der Waals surface area contributed by atoms with Crippen molar-refractivity contribution >= 4 is 11.9 Å². The third-order valence-electron chi connectivity index (χ3n) is 2.77. The molecule has 0 radical (unpaired) electrons. The number of ether oxygens (including phenoxy) is 1. The van der Waals surface area contributed by atoms with Gasteiger partial charge in [0.15, 0.2) is 5.54 Å². The number of nitrogens with one attached hydrogen (secondary N) is 1. The van der Waals surface area contributed by atoms with E-state index in [0.29, 0.717) is 11.1 Å². The summed E-state index contributed by atoms with van der Waals surface area (Å²) < 4.78 is 4.83. The molecule has 1 amide bonds. The minimum Gasteiger partial charge on any atom is -0.479 e. The Bertz CT molecular complexity index is 550. The standard InChI is InChI=1S/C14H16N2O4/c1-14(9-20-2,13(18)19)16-12(17)11-5-3-4-10(8-11)6-7-15/h3-5,8H,6,9H2,1-2H3,(H,16,17)(H,18,19). The molecule has 20 heavy (non-hydrogen) atoms. The number of carbonyl (C=O) groups is 2. The van der Waals surface area contributed by atoms with E-state index < -0.39 is 17.4 Å².